The third kappa shape index (κ3) is 4.70. The van der Waals surface area contributed by atoms with Crippen LogP contribution >= 0.6 is 11.6 Å². The van der Waals surface area contributed by atoms with Gasteiger partial charge in [0.05, 0.1) is 25.7 Å². The second-order valence-corrected chi connectivity index (χ2v) is 9.97. The van der Waals surface area contributed by atoms with Crippen LogP contribution in [0.1, 0.15) is 48.4 Å². The highest BCUT2D eigenvalue weighted by atomic mass is 35.5. The van der Waals surface area contributed by atoms with Crippen molar-refractivity contribution in [3.05, 3.63) is 82.4 Å². The molecular formula is C29H31ClN2O3. The molecule has 1 heterocycles. The molecule has 0 saturated heterocycles. The summed E-state index contributed by atoms with van der Waals surface area (Å²) in [6, 6.07) is 19.6. The lowest BCUT2D eigenvalue weighted by Crippen LogP contribution is -2.41. The Morgan fingerprint density at radius 2 is 1.63 bits per heavy atom. The first-order chi connectivity index (χ1) is 16.9. The quantitative estimate of drug-likeness (QED) is 0.400. The second-order valence-electron chi connectivity index (χ2n) is 9.53. The Morgan fingerprint density at radius 3 is 2.26 bits per heavy atom. The number of anilines is 2. The summed E-state index contributed by atoms with van der Waals surface area (Å²) in [6.07, 6.45) is 5.01. The SMILES string of the molecule is COc1cc2c(cc1OC1CCCC1)C(c1ccc(Cl)cc1)N(c1ccc(N(C)C)cc1)C(=O)C2. The summed E-state index contributed by atoms with van der Waals surface area (Å²) < 4.78 is 12.1. The number of benzene rings is 3. The molecule has 5 nitrogen and oxygen atoms in total. The van der Waals surface area contributed by atoms with Gasteiger partial charge in [0.1, 0.15) is 0 Å². The topological polar surface area (TPSA) is 42.0 Å². The zero-order valence-electron chi connectivity index (χ0n) is 20.5. The molecule has 6 heteroatoms. The van der Waals surface area contributed by atoms with E-state index in [1.807, 2.05) is 78.5 Å². The molecule has 1 atom stereocenters. The number of methoxy groups -OCH3 is 1. The number of carbonyl (C=O) groups excluding carboxylic acids is 1. The van der Waals surface area contributed by atoms with Crippen molar-refractivity contribution in [1.29, 1.82) is 0 Å². The maximum absolute atomic E-state index is 13.6. The number of fused-ring (bicyclic) bond motifs is 1. The Hall–Kier alpha value is -3.18. The van der Waals surface area contributed by atoms with Gasteiger partial charge in [-0.05, 0) is 90.9 Å². The van der Waals surface area contributed by atoms with Gasteiger partial charge in [0.2, 0.25) is 5.91 Å². The van der Waals surface area contributed by atoms with Gasteiger partial charge in [-0.1, -0.05) is 23.7 Å². The summed E-state index contributed by atoms with van der Waals surface area (Å²) in [5, 5.41) is 0.665. The monoisotopic (exact) mass is 490 g/mol. The third-order valence-electron chi connectivity index (χ3n) is 7.01. The Kier molecular flexibility index (Phi) is 6.61. The minimum atomic E-state index is -0.300. The fourth-order valence-electron chi connectivity index (χ4n) is 5.17. The number of nitrogens with zero attached hydrogens (tertiary/aromatic N) is 2. The van der Waals surface area contributed by atoms with E-state index in [-0.39, 0.29) is 18.1 Å². The van der Waals surface area contributed by atoms with Crippen LogP contribution in [0.4, 0.5) is 11.4 Å². The molecule has 1 saturated carbocycles. The van der Waals surface area contributed by atoms with Crippen LogP contribution in [0.2, 0.25) is 5.02 Å². The van der Waals surface area contributed by atoms with Crippen molar-refractivity contribution < 1.29 is 14.3 Å². The molecule has 1 fully saturated rings. The maximum atomic E-state index is 13.6. The number of rotatable bonds is 6. The fourth-order valence-corrected chi connectivity index (χ4v) is 5.30. The van der Waals surface area contributed by atoms with Crippen LogP contribution in [0.5, 0.6) is 11.5 Å². The maximum Gasteiger partial charge on any atom is 0.232 e. The van der Waals surface area contributed by atoms with E-state index in [9.17, 15) is 4.79 Å². The van der Waals surface area contributed by atoms with Crippen molar-refractivity contribution in [3.8, 4) is 11.5 Å². The van der Waals surface area contributed by atoms with Gasteiger partial charge in [0, 0.05) is 30.5 Å². The van der Waals surface area contributed by atoms with Crippen molar-refractivity contribution in [2.45, 2.75) is 44.2 Å². The van der Waals surface area contributed by atoms with Gasteiger partial charge >= 0.3 is 0 Å². The number of hydrogen-bond acceptors (Lipinski definition) is 4. The predicted molar refractivity (Wildman–Crippen MR) is 141 cm³/mol. The van der Waals surface area contributed by atoms with Crippen molar-refractivity contribution in [2.75, 3.05) is 31.0 Å². The highest BCUT2D eigenvalue weighted by Crippen LogP contribution is 2.44. The van der Waals surface area contributed by atoms with E-state index in [1.165, 1.54) is 12.8 Å². The van der Waals surface area contributed by atoms with Gasteiger partial charge in [0.25, 0.3) is 0 Å². The van der Waals surface area contributed by atoms with Crippen LogP contribution in [0.3, 0.4) is 0 Å². The molecule has 0 radical (unpaired) electrons. The Labute approximate surface area is 212 Å². The van der Waals surface area contributed by atoms with Crippen LogP contribution in [0.15, 0.2) is 60.7 Å². The van der Waals surface area contributed by atoms with E-state index in [2.05, 4.69) is 6.07 Å². The second kappa shape index (κ2) is 9.82. The molecule has 1 unspecified atom stereocenters. The molecule has 2 aliphatic rings. The molecule has 1 amide bonds. The molecule has 35 heavy (non-hydrogen) atoms. The molecular weight excluding hydrogens is 460 g/mol. The highest BCUT2D eigenvalue weighted by molar-refractivity contribution is 6.30. The minimum absolute atomic E-state index is 0.0431. The van der Waals surface area contributed by atoms with Gasteiger partial charge in [0.15, 0.2) is 11.5 Å². The van der Waals surface area contributed by atoms with Crippen molar-refractivity contribution in [3.63, 3.8) is 0 Å². The lowest BCUT2D eigenvalue weighted by Gasteiger charge is -2.38. The zero-order valence-corrected chi connectivity index (χ0v) is 21.2. The van der Waals surface area contributed by atoms with Gasteiger partial charge in [-0.15, -0.1) is 0 Å². The Balaban J connectivity index is 1.63. The Bertz CT molecular complexity index is 1200. The summed E-state index contributed by atoms with van der Waals surface area (Å²) in [5.41, 5.74) is 4.96. The molecule has 0 aromatic heterocycles. The van der Waals surface area contributed by atoms with Crippen LogP contribution < -0.4 is 19.3 Å². The van der Waals surface area contributed by atoms with E-state index < -0.39 is 0 Å². The summed E-state index contributed by atoms with van der Waals surface area (Å²) in [4.78, 5) is 17.6. The molecule has 3 aromatic rings. The standard InChI is InChI=1S/C29H31ClN2O3/c1-31(2)22-12-14-23(15-13-22)32-28(33)17-20-16-26(34-3)27(35-24-6-4-5-7-24)18-25(20)29(32)19-8-10-21(30)11-9-19/h8-16,18,24,29H,4-7,17H2,1-3H3. The summed E-state index contributed by atoms with van der Waals surface area (Å²) in [5.74, 6) is 1.47. The molecule has 3 aromatic carbocycles. The molecule has 0 spiro atoms. The molecule has 182 valence electrons. The summed E-state index contributed by atoms with van der Waals surface area (Å²) in [7, 11) is 5.67. The van der Waals surface area contributed by atoms with Crippen LogP contribution in [0.25, 0.3) is 0 Å². The Morgan fingerprint density at radius 1 is 0.943 bits per heavy atom. The lowest BCUT2D eigenvalue weighted by molar-refractivity contribution is -0.118. The molecule has 1 aliphatic heterocycles. The lowest BCUT2D eigenvalue weighted by atomic mass is 9.86. The average molecular weight is 491 g/mol. The normalized spacial score (nSPS) is 17.9. The van der Waals surface area contributed by atoms with Crippen molar-refractivity contribution in [2.24, 2.45) is 0 Å². The summed E-state index contributed by atoms with van der Waals surface area (Å²) >= 11 is 6.22. The van der Waals surface area contributed by atoms with Crippen LogP contribution in [0, 0.1) is 0 Å². The van der Waals surface area contributed by atoms with Crippen LogP contribution in [-0.4, -0.2) is 33.2 Å². The van der Waals surface area contributed by atoms with Crippen molar-refractivity contribution >= 4 is 28.9 Å². The number of ether oxygens (including phenoxy) is 2. The fraction of sp³-hybridized carbons (Fsp3) is 0.345. The average Bonchev–Trinajstić information content (AvgIpc) is 3.37. The molecule has 0 N–H and O–H groups in total. The predicted octanol–water partition coefficient (Wildman–Crippen LogP) is 6.41. The van der Waals surface area contributed by atoms with E-state index in [4.69, 9.17) is 21.1 Å². The van der Waals surface area contributed by atoms with E-state index >= 15 is 0 Å². The first-order valence-electron chi connectivity index (χ1n) is 12.2. The first-order valence-corrected chi connectivity index (χ1v) is 12.5. The number of amides is 1. The third-order valence-corrected chi connectivity index (χ3v) is 7.27. The summed E-state index contributed by atoms with van der Waals surface area (Å²) in [6.45, 7) is 0. The van der Waals surface area contributed by atoms with Gasteiger partial charge in [-0.3, -0.25) is 4.79 Å². The number of carbonyl (C=O) groups is 1. The highest BCUT2D eigenvalue weighted by Gasteiger charge is 2.36. The molecule has 5 rings (SSSR count). The largest absolute Gasteiger partial charge is 0.493 e. The molecule has 0 bridgehead atoms. The van der Waals surface area contributed by atoms with E-state index in [0.717, 1.165) is 46.7 Å². The number of hydrogen-bond donors (Lipinski definition) is 0. The minimum Gasteiger partial charge on any atom is -0.493 e. The zero-order chi connectivity index (χ0) is 24.5. The van der Waals surface area contributed by atoms with Gasteiger partial charge in [-0.25, -0.2) is 0 Å². The van der Waals surface area contributed by atoms with Gasteiger partial charge in [-0.2, -0.15) is 0 Å². The van der Waals surface area contributed by atoms with Crippen molar-refractivity contribution in [1.82, 2.24) is 0 Å². The number of halogens is 1. The van der Waals surface area contributed by atoms with E-state index in [0.29, 0.717) is 17.2 Å². The van der Waals surface area contributed by atoms with E-state index in [1.54, 1.807) is 7.11 Å². The molecule has 1 aliphatic carbocycles. The first kappa shape index (κ1) is 23.6. The van der Waals surface area contributed by atoms with Gasteiger partial charge < -0.3 is 19.3 Å². The smallest absolute Gasteiger partial charge is 0.232 e. The van der Waals surface area contributed by atoms with Crippen LogP contribution in [-0.2, 0) is 11.2 Å².